The van der Waals surface area contributed by atoms with Crippen LogP contribution in [0.1, 0.15) is 5.56 Å². The highest BCUT2D eigenvalue weighted by atomic mass is 32.2. The molecule has 0 amide bonds. The fourth-order valence-electron chi connectivity index (χ4n) is 1.50. The van der Waals surface area contributed by atoms with Gasteiger partial charge < -0.3 is 5.11 Å². The van der Waals surface area contributed by atoms with Crippen LogP contribution >= 0.6 is 11.3 Å². The number of rotatable bonds is 5. The molecule has 0 aliphatic heterocycles. The van der Waals surface area contributed by atoms with Gasteiger partial charge in [0.15, 0.2) is 0 Å². The quantitative estimate of drug-likeness (QED) is 0.883. The van der Waals surface area contributed by atoms with Crippen molar-refractivity contribution in [2.24, 2.45) is 0 Å². The Hall–Kier alpha value is -1.37. The third-order valence-electron chi connectivity index (χ3n) is 2.41. The summed E-state index contributed by atoms with van der Waals surface area (Å²) in [6.07, 6.45) is 0.526. The van der Waals surface area contributed by atoms with Crippen molar-refractivity contribution < 1.29 is 13.5 Å². The molecule has 0 atom stereocenters. The zero-order valence-electron chi connectivity index (χ0n) is 9.54. The first-order chi connectivity index (χ1) is 8.62. The normalized spacial score (nSPS) is 11.4. The molecule has 0 saturated carbocycles. The van der Waals surface area contributed by atoms with E-state index in [0.717, 1.165) is 5.56 Å². The van der Waals surface area contributed by atoms with Gasteiger partial charge in [0.25, 0.3) is 10.0 Å². The van der Waals surface area contributed by atoms with E-state index < -0.39 is 10.0 Å². The highest BCUT2D eigenvalue weighted by molar-refractivity contribution is 7.92. The number of anilines is 1. The lowest BCUT2D eigenvalue weighted by molar-refractivity contribution is 0.299. The van der Waals surface area contributed by atoms with Crippen molar-refractivity contribution in [2.75, 3.05) is 11.3 Å². The maximum atomic E-state index is 12.0. The van der Waals surface area contributed by atoms with E-state index in [9.17, 15) is 8.42 Å². The van der Waals surface area contributed by atoms with Crippen LogP contribution in [0, 0.1) is 0 Å². The van der Waals surface area contributed by atoms with Crippen LogP contribution in [0.3, 0.4) is 0 Å². The minimum atomic E-state index is -3.52. The summed E-state index contributed by atoms with van der Waals surface area (Å²) in [5.74, 6) is 0. The average Bonchev–Trinajstić information content (AvgIpc) is 2.82. The third kappa shape index (κ3) is 3.10. The smallest absolute Gasteiger partial charge is 0.261 e. The molecule has 0 radical (unpaired) electrons. The topological polar surface area (TPSA) is 66.4 Å². The second-order valence-electron chi connectivity index (χ2n) is 3.74. The van der Waals surface area contributed by atoms with E-state index >= 15 is 0 Å². The zero-order chi connectivity index (χ0) is 13.0. The van der Waals surface area contributed by atoms with Crippen molar-refractivity contribution in [3.63, 3.8) is 0 Å². The maximum Gasteiger partial charge on any atom is 0.261 e. The highest BCUT2D eigenvalue weighted by Crippen LogP contribution is 2.18. The van der Waals surface area contributed by atoms with Crippen LogP contribution in [0.15, 0.2) is 46.0 Å². The van der Waals surface area contributed by atoms with Gasteiger partial charge in [0.1, 0.15) is 0 Å². The number of benzene rings is 1. The average molecular weight is 283 g/mol. The lowest BCUT2D eigenvalue weighted by Crippen LogP contribution is -2.12. The predicted octanol–water partition coefficient (Wildman–Crippen LogP) is 2.08. The fourth-order valence-corrected chi connectivity index (χ4v) is 3.21. The number of hydrogen-bond donors (Lipinski definition) is 2. The van der Waals surface area contributed by atoms with Gasteiger partial charge >= 0.3 is 0 Å². The van der Waals surface area contributed by atoms with Gasteiger partial charge in [-0.3, -0.25) is 4.72 Å². The second kappa shape index (κ2) is 5.51. The minimum Gasteiger partial charge on any atom is -0.396 e. The van der Waals surface area contributed by atoms with Crippen molar-refractivity contribution in [1.82, 2.24) is 0 Å². The van der Waals surface area contributed by atoms with E-state index in [1.54, 1.807) is 35.7 Å². The number of thiophene rings is 1. The molecule has 0 aliphatic carbocycles. The Bertz CT molecular complexity index is 589. The molecule has 0 unspecified atom stereocenters. The molecule has 2 N–H and O–H groups in total. The molecule has 2 aromatic rings. The Morgan fingerprint density at radius 3 is 2.44 bits per heavy atom. The number of aliphatic hydroxyl groups excluding tert-OH is 1. The minimum absolute atomic E-state index is 0.0548. The molecule has 0 spiro atoms. The molecule has 18 heavy (non-hydrogen) atoms. The summed E-state index contributed by atoms with van der Waals surface area (Å²) in [5, 5.41) is 12.3. The Morgan fingerprint density at radius 2 is 1.89 bits per heavy atom. The molecule has 0 saturated heterocycles. The Labute approximate surface area is 110 Å². The van der Waals surface area contributed by atoms with E-state index in [-0.39, 0.29) is 11.5 Å². The molecule has 96 valence electrons. The molecule has 0 fully saturated rings. The van der Waals surface area contributed by atoms with E-state index in [1.807, 2.05) is 5.38 Å². The van der Waals surface area contributed by atoms with Gasteiger partial charge in [-0.05, 0) is 35.6 Å². The molecular formula is C12H13NO3S2. The Balaban J connectivity index is 2.19. The summed E-state index contributed by atoms with van der Waals surface area (Å²) < 4.78 is 26.5. The second-order valence-corrected chi connectivity index (χ2v) is 6.20. The monoisotopic (exact) mass is 283 g/mol. The van der Waals surface area contributed by atoms with Crippen LogP contribution in [-0.4, -0.2) is 20.1 Å². The van der Waals surface area contributed by atoms with Crippen LogP contribution < -0.4 is 4.72 Å². The van der Waals surface area contributed by atoms with Crippen LogP contribution in [0.4, 0.5) is 5.69 Å². The Kier molecular flexibility index (Phi) is 4.00. The number of aliphatic hydroxyl groups is 1. The van der Waals surface area contributed by atoms with Crippen LogP contribution in [0.2, 0.25) is 0 Å². The van der Waals surface area contributed by atoms with Gasteiger partial charge in [0.05, 0.1) is 10.6 Å². The summed E-state index contributed by atoms with van der Waals surface area (Å²) >= 11 is 1.43. The zero-order valence-corrected chi connectivity index (χ0v) is 11.2. The van der Waals surface area contributed by atoms with E-state index in [4.69, 9.17) is 5.11 Å². The number of hydrogen-bond acceptors (Lipinski definition) is 4. The van der Waals surface area contributed by atoms with Crippen molar-refractivity contribution in [1.29, 1.82) is 0 Å². The molecule has 1 aromatic heterocycles. The molecule has 6 heteroatoms. The highest BCUT2D eigenvalue weighted by Gasteiger charge is 2.13. The standard InChI is InChI=1S/C12H13NO3S2/c14-7-5-10-1-3-12(4-2-10)18(15,16)13-11-6-8-17-9-11/h1-4,6,8-9,13-14H,5,7H2. The van der Waals surface area contributed by atoms with E-state index in [1.165, 1.54) is 11.3 Å². The number of sulfonamides is 1. The van der Waals surface area contributed by atoms with Crippen molar-refractivity contribution >= 4 is 27.0 Å². The Morgan fingerprint density at radius 1 is 1.17 bits per heavy atom. The SMILES string of the molecule is O=S(=O)(Nc1ccsc1)c1ccc(CCO)cc1. The maximum absolute atomic E-state index is 12.0. The van der Waals surface area contributed by atoms with Gasteiger partial charge in [-0.25, -0.2) is 8.42 Å². The summed E-state index contributed by atoms with van der Waals surface area (Å²) in [4.78, 5) is 0.218. The summed E-state index contributed by atoms with van der Waals surface area (Å²) in [5.41, 5.74) is 1.48. The molecule has 0 aliphatic rings. The number of nitrogens with one attached hydrogen (secondary N) is 1. The predicted molar refractivity (Wildman–Crippen MR) is 72.4 cm³/mol. The molecule has 1 heterocycles. The molecule has 0 bridgehead atoms. The van der Waals surface area contributed by atoms with Gasteiger partial charge in [-0.1, -0.05) is 12.1 Å². The van der Waals surface area contributed by atoms with Crippen molar-refractivity contribution in [3.8, 4) is 0 Å². The molecular weight excluding hydrogens is 270 g/mol. The molecule has 4 nitrogen and oxygen atoms in total. The summed E-state index contributed by atoms with van der Waals surface area (Å²) in [6.45, 7) is 0.0548. The lowest BCUT2D eigenvalue weighted by atomic mass is 10.2. The third-order valence-corrected chi connectivity index (χ3v) is 4.49. The fraction of sp³-hybridized carbons (Fsp3) is 0.167. The summed E-state index contributed by atoms with van der Waals surface area (Å²) in [6, 6.07) is 8.21. The summed E-state index contributed by atoms with van der Waals surface area (Å²) in [7, 11) is -3.52. The van der Waals surface area contributed by atoms with Crippen molar-refractivity contribution in [3.05, 3.63) is 46.7 Å². The van der Waals surface area contributed by atoms with Gasteiger partial charge in [-0.2, -0.15) is 11.3 Å². The van der Waals surface area contributed by atoms with Gasteiger partial charge in [0.2, 0.25) is 0 Å². The van der Waals surface area contributed by atoms with Crippen molar-refractivity contribution in [2.45, 2.75) is 11.3 Å². The molecule has 2 rings (SSSR count). The lowest BCUT2D eigenvalue weighted by Gasteiger charge is -2.06. The largest absolute Gasteiger partial charge is 0.396 e. The van der Waals surface area contributed by atoms with Crippen LogP contribution in [0.5, 0.6) is 0 Å². The first kappa shape index (κ1) is 13.1. The van der Waals surface area contributed by atoms with Crippen LogP contribution in [-0.2, 0) is 16.4 Å². The van der Waals surface area contributed by atoms with E-state index in [2.05, 4.69) is 4.72 Å². The first-order valence-electron chi connectivity index (χ1n) is 5.36. The van der Waals surface area contributed by atoms with Gasteiger partial charge in [-0.15, -0.1) is 0 Å². The van der Waals surface area contributed by atoms with Gasteiger partial charge in [0, 0.05) is 12.0 Å². The van der Waals surface area contributed by atoms with E-state index in [0.29, 0.717) is 12.1 Å². The molecule has 1 aromatic carbocycles. The first-order valence-corrected chi connectivity index (χ1v) is 7.79. The van der Waals surface area contributed by atoms with Crippen LogP contribution in [0.25, 0.3) is 0 Å².